The van der Waals surface area contributed by atoms with Crippen LogP contribution in [0.15, 0.2) is 47.4 Å². The Morgan fingerprint density at radius 3 is 2.61 bits per heavy atom. The predicted octanol–water partition coefficient (Wildman–Crippen LogP) is 1.93. The molecular formula is C18H20N2O3. The number of pyridine rings is 1. The van der Waals surface area contributed by atoms with E-state index < -0.39 is 17.6 Å². The number of benzene rings is 1. The van der Waals surface area contributed by atoms with E-state index in [4.69, 9.17) is 0 Å². The fraction of sp³-hybridized carbons (Fsp3) is 0.333. The highest BCUT2D eigenvalue weighted by atomic mass is 16.3. The number of amides is 1. The van der Waals surface area contributed by atoms with Crippen molar-refractivity contribution >= 4 is 5.91 Å². The number of rotatable bonds is 5. The molecule has 0 spiro atoms. The fourth-order valence-electron chi connectivity index (χ4n) is 2.90. The summed E-state index contributed by atoms with van der Waals surface area (Å²) in [6.07, 6.45) is 2.62. The Morgan fingerprint density at radius 2 is 2.00 bits per heavy atom. The van der Waals surface area contributed by atoms with E-state index in [1.54, 1.807) is 13.0 Å². The van der Waals surface area contributed by atoms with Crippen molar-refractivity contribution in [3.63, 3.8) is 0 Å². The average Bonchev–Trinajstić information content (AvgIpc) is 3.34. The highest BCUT2D eigenvalue weighted by Crippen LogP contribution is 2.54. The first kappa shape index (κ1) is 15.5. The molecule has 1 saturated carbocycles. The Kier molecular flexibility index (Phi) is 4.05. The van der Waals surface area contributed by atoms with E-state index >= 15 is 0 Å². The third-order valence-corrected chi connectivity index (χ3v) is 4.58. The maximum absolute atomic E-state index is 12.3. The monoisotopic (exact) mass is 312 g/mol. The van der Waals surface area contributed by atoms with Gasteiger partial charge in [0.1, 0.15) is 5.56 Å². The number of nitrogens with one attached hydrogen (secondary N) is 2. The first-order chi connectivity index (χ1) is 11.0. The van der Waals surface area contributed by atoms with Gasteiger partial charge in [-0.25, -0.2) is 0 Å². The Bertz CT molecular complexity index is 763. The van der Waals surface area contributed by atoms with Crippen LogP contribution in [0.25, 0.3) is 0 Å². The molecule has 5 nitrogen and oxygen atoms in total. The number of hydrogen-bond acceptors (Lipinski definition) is 3. The zero-order chi connectivity index (χ0) is 16.4. The van der Waals surface area contributed by atoms with E-state index in [0.717, 1.165) is 18.4 Å². The molecule has 1 unspecified atom stereocenters. The molecule has 1 aliphatic carbocycles. The zero-order valence-corrected chi connectivity index (χ0v) is 13.0. The molecule has 1 atom stereocenters. The van der Waals surface area contributed by atoms with E-state index in [2.05, 4.69) is 10.3 Å². The van der Waals surface area contributed by atoms with Crippen molar-refractivity contribution < 1.29 is 9.90 Å². The standard InChI is InChI=1S/C18H20N2O3/c1-12-7-10-19-16(22)14(12)17(23)20-11-18(8-9-18)15(21)13-5-3-2-4-6-13/h2-7,10,15,21H,8-9,11H2,1H3,(H,19,22)(H,20,23). The smallest absolute Gasteiger partial charge is 0.261 e. The topological polar surface area (TPSA) is 82.2 Å². The number of aryl methyl sites for hydroxylation is 1. The van der Waals surface area contributed by atoms with Crippen molar-refractivity contribution in [3.8, 4) is 0 Å². The molecule has 1 fully saturated rings. The van der Waals surface area contributed by atoms with Gasteiger partial charge in [0.25, 0.3) is 11.5 Å². The van der Waals surface area contributed by atoms with Crippen LogP contribution < -0.4 is 10.9 Å². The van der Waals surface area contributed by atoms with Crippen molar-refractivity contribution in [1.82, 2.24) is 10.3 Å². The molecule has 0 radical (unpaired) electrons. The Balaban J connectivity index is 1.71. The number of aliphatic hydroxyl groups is 1. The molecule has 1 heterocycles. The molecular weight excluding hydrogens is 292 g/mol. The third kappa shape index (κ3) is 3.05. The van der Waals surface area contributed by atoms with Gasteiger partial charge in [-0.1, -0.05) is 30.3 Å². The summed E-state index contributed by atoms with van der Waals surface area (Å²) in [5.41, 5.74) is 0.910. The SMILES string of the molecule is Cc1cc[nH]c(=O)c1C(=O)NCC1(C(O)c2ccccc2)CC1. The number of aromatic nitrogens is 1. The lowest BCUT2D eigenvalue weighted by molar-refractivity contribution is 0.0806. The Labute approximate surface area is 134 Å². The molecule has 1 aliphatic rings. The van der Waals surface area contributed by atoms with Gasteiger partial charge in [0.15, 0.2) is 0 Å². The summed E-state index contributed by atoms with van der Waals surface area (Å²) in [4.78, 5) is 26.6. The van der Waals surface area contributed by atoms with Gasteiger partial charge in [-0.15, -0.1) is 0 Å². The molecule has 0 saturated heterocycles. The van der Waals surface area contributed by atoms with E-state index in [0.29, 0.717) is 12.1 Å². The normalized spacial score (nSPS) is 16.6. The molecule has 5 heteroatoms. The van der Waals surface area contributed by atoms with Crippen molar-refractivity contribution in [2.75, 3.05) is 6.54 Å². The highest BCUT2D eigenvalue weighted by Gasteiger charge is 2.49. The molecule has 0 aliphatic heterocycles. The van der Waals surface area contributed by atoms with Gasteiger partial charge in [-0.3, -0.25) is 9.59 Å². The number of carbonyl (C=O) groups excluding carboxylic acids is 1. The number of carbonyl (C=O) groups is 1. The van der Waals surface area contributed by atoms with Crippen LogP contribution in [0.5, 0.6) is 0 Å². The summed E-state index contributed by atoms with van der Waals surface area (Å²) in [7, 11) is 0. The summed E-state index contributed by atoms with van der Waals surface area (Å²) in [5.74, 6) is -0.393. The number of aliphatic hydroxyl groups excluding tert-OH is 1. The van der Waals surface area contributed by atoms with Gasteiger partial charge in [-0.2, -0.15) is 0 Å². The minimum Gasteiger partial charge on any atom is -0.388 e. The van der Waals surface area contributed by atoms with Gasteiger partial charge in [-0.05, 0) is 37.0 Å². The molecule has 0 bridgehead atoms. The van der Waals surface area contributed by atoms with Gasteiger partial charge < -0.3 is 15.4 Å². The molecule has 23 heavy (non-hydrogen) atoms. The quantitative estimate of drug-likeness (QED) is 0.789. The van der Waals surface area contributed by atoms with Crippen LogP contribution in [0.2, 0.25) is 0 Å². The largest absolute Gasteiger partial charge is 0.388 e. The maximum Gasteiger partial charge on any atom is 0.261 e. The minimum absolute atomic E-state index is 0.137. The summed E-state index contributed by atoms with van der Waals surface area (Å²) >= 11 is 0. The van der Waals surface area contributed by atoms with Gasteiger partial charge in [0.2, 0.25) is 0 Å². The van der Waals surface area contributed by atoms with Crippen LogP contribution in [-0.2, 0) is 0 Å². The van der Waals surface area contributed by atoms with E-state index in [9.17, 15) is 14.7 Å². The van der Waals surface area contributed by atoms with Crippen molar-refractivity contribution in [2.45, 2.75) is 25.9 Å². The zero-order valence-electron chi connectivity index (χ0n) is 13.0. The molecule has 1 aromatic carbocycles. The second-order valence-corrected chi connectivity index (χ2v) is 6.22. The molecule has 2 aromatic rings. The molecule has 1 aromatic heterocycles. The van der Waals surface area contributed by atoms with Crippen molar-refractivity contribution in [3.05, 3.63) is 69.6 Å². The van der Waals surface area contributed by atoms with E-state index in [1.165, 1.54) is 6.20 Å². The predicted molar refractivity (Wildman–Crippen MR) is 87.2 cm³/mol. The van der Waals surface area contributed by atoms with Gasteiger partial charge in [0.05, 0.1) is 6.10 Å². The maximum atomic E-state index is 12.3. The van der Waals surface area contributed by atoms with E-state index in [-0.39, 0.29) is 11.0 Å². The lowest BCUT2D eigenvalue weighted by Gasteiger charge is -2.23. The van der Waals surface area contributed by atoms with Crippen LogP contribution in [0.3, 0.4) is 0 Å². The van der Waals surface area contributed by atoms with Crippen LogP contribution in [-0.4, -0.2) is 22.5 Å². The second-order valence-electron chi connectivity index (χ2n) is 6.22. The average molecular weight is 312 g/mol. The molecule has 1 amide bonds. The number of hydrogen-bond donors (Lipinski definition) is 3. The molecule has 3 N–H and O–H groups in total. The van der Waals surface area contributed by atoms with Crippen molar-refractivity contribution in [2.24, 2.45) is 5.41 Å². The van der Waals surface area contributed by atoms with Gasteiger partial charge in [0, 0.05) is 18.2 Å². The van der Waals surface area contributed by atoms with Crippen LogP contribution in [0.4, 0.5) is 0 Å². The van der Waals surface area contributed by atoms with E-state index in [1.807, 2.05) is 30.3 Å². The fourth-order valence-corrected chi connectivity index (χ4v) is 2.90. The summed E-state index contributed by atoms with van der Waals surface area (Å²) < 4.78 is 0. The third-order valence-electron chi connectivity index (χ3n) is 4.58. The Morgan fingerprint density at radius 1 is 1.30 bits per heavy atom. The lowest BCUT2D eigenvalue weighted by atomic mass is 9.92. The summed E-state index contributed by atoms with van der Waals surface area (Å²) in [6, 6.07) is 11.2. The van der Waals surface area contributed by atoms with Crippen LogP contribution >= 0.6 is 0 Å². The van der Waals surface area contributed by atoms with Crippen LogP contribution in [0, 0.1) is 12.3 Å². The van der Waals surface area contributed by atoms with Crippen molar-refractivity contribution in [1.29, 1.82) is 0 Å². The number of aromatic amines is 1. The Hall–Kier alpha value is -2.40. The summed E-state index contributed by atoms with van der Waals surface area (Å²) in [6.45, 7) is 2.09. The number of H-pyrrole nitrogens is 1. The summed E-state index contributed by atoms with van der Waals surface area (Å²) in [5, 5.41) is 13.4. The second kappa shape index (κ2) is 6.01. The first-order valence-corrected chi connectivity index (χ1v) is 7.73. The first-order valence-electron chi connectivity index (χ1n) is 7.73. The molecule has 3 rings (SSSR count). The highest BCUT2D eigenvalue weighted by molar-refractivity contribution is 5.95. The van der Waals surface area contributed by atoms with Gasteiger partial charge >= 0.3 is 0 Å². The lowest BCUT2D eigenvalue weighted by Crippen LogP contribution is -2.36. The van der Waals surface area contributed by atoms with Crippen LogP contribution in [0.1, 0.15) is 40.4 Å². The molecule has 120 valence electrons. The minimum atomic E-state index is -0.612.